The Morgan fingerprint density at radius 1 is 1.40 bits per heavy atom. The van der Waals surface area contributed by atoms with Gasteiger partial charge in [0.2, 0.25) is 0 Å². The first kappa shape index (κ1) is 10.6. The van der Waals surface area contributed by atoms with E-state index in [9.17, 15) is 0 Å². The number of hydrogen-bond acceptors (Lipinski definition) is 3. The molecule has 1 atom stereocenters. The molecule has 0 amide bonds. The summed E-state index contributed by atoms with van der Waals surface area (Å²) < 4.78 is 0. The zero-order chi connectivity index (χ0) is 10.7. The van der Waals surface area contributed by atoms with Crippen molar-refractivity contribution >= 4 is 0 Å². The largest absolute Gasteiger partial charge is 0.307 e. The molecule has 0 aliphatic heterocycles. The molecule has 0 bridgehead atoms. The maximum absolute atomic E-state index is 4.20. The van der Waals surface area contributed by atoms with E-state index in [1.54, 1.807) is 12.4 Å². The molecule has 1 aromatic heterocycles. The molecule has 1 aliphatic rings. The highest BCUT2D eigenvalue weighted by Crippen LogP contribution is 2.36. The van der Waals surface area contributed by atoms with Gasteiger partial charge < -0.3 is 5.32 Å². The topological polar surface area (TPSA) is 37.8 Å². The molecule has 3 nitrogen and oxygen atoms in total. The number of nitrogens with one attached hydrogen (secondary N) is 1. The molecule has 0 saturated heterocycles. The summed E-state index contributed by atoms with van der Waals surface area (Å²) in [4.78, 5) is 8.40. The second-order valence-corrected chi connectivity index (χ2v) is 5.15. The third-order valence-electron chi connectivity index (χ3n) is 3.14. The van der Waals surface area contributed by atoms with Gasteiger partial charge in [0.05, 0.1) is 6.54 Å². The van der Waals surface area contributed by atoms with Crippen molar-refractivity contribution in [3.63, 3.8) is 0 Å². The van der Waals surface area contributed by atoms with E-state index in [2.05, 4.69) is 29.1 Å². The summed E-state index contributed by atoms with van der Waals surface area (Å²) in [6.07, 6.45) is 7.45. The van der Waals surface area contributed by atoms with Gasteiger partial charge in [-0.2, -0.15) is 0 Å². The first-order valence-electron chi connectivity index (χ1n) is 5.65. The normalized spacial score (nSPS) is 24.3. The van der Waals surface area contributed by atoms with Crippen LogP contribution < -0.4 is 5.32 Å². The summed E-state index contributed by atoms with van der Waals surface area (Å²) in [7, 11) is 0. The summed E-state index contributed by atoms with van der Waals surface area (Å²) in [6.45, 7) is 5.48. The summed E-state index contributed by atoms with van der Waals surface area (Å²) in [5.41, 5.74) is 0.509. The van der Waals surface area contributed by atoms with E-state index in [4.69, 9.17) is 0 Å². The van der Waals surface area contributed by atoms with Crippen LogP contribution in [-0.4, -0.2) is 16.0 Å². The predicted octanol–water partition coefficient (Wildman–Crippen LogP) is 2.14. The summed E-state index contributed by atoms with van der Waals surface area (Å²) in [5.74, 6) is 0.891. The van der Waals surface area contributed by atoms with E-state index in [0.717, 1.165) is 12.4 Å². The van der Waals surface area contributed by atoms with Gasteiger partial charge in [-0.1, -0.05) is 13.8 Å². The first-order chi connectivity index (χ1) is 7.16. The first-order valence-corrected chi connectivity index (χ1v) is 5.65. The molecule has 1 fully saturated rings. The SMILES string of the molecule is CC1(C)CCC(NCc2ncccn2)C1. The van der Waals surface area contributed by atoms with Crippen LogP contribution in [0.15, 0.2) is 18.5 Å². The molecular formula is C12H19N3. The number of aromatic nitrogens is 2. The van der Waals surface area contributed by atoms with Gasteiger partial charge in [0, 0.05) is 18.4 Å². The van der Waals surface area contributed by atoms with E-state index in [1.165, 1.54) is 19.3 Å². The molecule has 2 rings (SSSR count). The van der Waals surface area contributed by atoms with Crippen molar-refractivity contribution in [3.05, 3.63) is 24.3 Å². The second-order valence-electron chi connectivity index (χ2n) is 5.15. The van der Waals surface area contributed by atoms with Gasteiger partial charge in [0.25, 0.3) is 0 Å². The maximum atomic E-state index is 4.20. The van der Waals surface area contributed by atoms with Crippen LogP contribution in [0.25, 0.3) is 0 Å². The Kier molecular flexibility index (Phi) is 3.00. The third kappa shape index (κ3) is 2.99. The van der Waals surface area contributed by atoms with Gasteiger partial charge in [0.1, 0.15) is 5.82 Å². The van der Waals surface area contributed by atoms with E-state index >= 15 is 0 Å². The standard InChI is InChI=1S/C12H19N3/c1-12(2)5-4-10(8-12)15-9-11-13-6-3-7-14-11/h3,6-7,10,15H,4-5,8-9H2,1-2H3. The van der Waals surface area contributed by atoms with Gasteiger partial charge in [-0.3, -0.25) is 0 Å². The molecule has 1 saturated carbocycles. The number of hydrogen-bond donors (Lipinski definition) is 1. The average molecular weight is 205 g/mol. The van der Waals surface area contributed by atoms with Gasteiger partial charge in [0.15, 0.2) is 0 Å². The van der Waals surface area contributed by atoms with Crippen molar-refractivity contribution in [2.45, 2.75) is 45.7 Å². The fourth-order valence-electron chi connectivity index (χ4n) is 2.27. The predicted molar refractivity (Wildman–Crippen MR) is 60.3 cm³/mol. The fraction of sp³-hybridized carbons (Fsp3) is 0.667. The zero-order valence-corrected chi connectivity index (χ0v) is 9.53. The Balaban J connectivity index is 1.80. The Morgan fingerprint density at radius 3 is 2.73 bits per heavy atom. The Hall–Kier alpha value is -0.960. The molecule has 1 unspecified atom stereocenters. The van der Waals surface area contributed by atoms with E-state index < -0.39 is 0 Å². The van der Waals surface area contributed by atoms with Gasteiger partial charge in [-0.05, 0) is 30.7 Å². The van der Waals surface area contributed by atoms with Crippen LogP contribution in [0, 0.1) is 5.41 Å². The maximum Gasteiger partial charge on any atom is 0.141 e. The fourth-order valence-corrected chi connectivity index (χ4v) is 2.27. The van der Waals surface area contributed by atoms with Crippen LogP contribution in [0.2, 0.25) is 0 Å². The van der Waals surface area contributed by atoms with Crippen LogP contribution in [0.1, 0.15) is 38.9 Å². The van der Waals surface area contributed by atoms with Crippen LogP contribution in [0.4, 0.5) is 0 Å². The Bertz CT molecular complexity index is 308. The smallest absolute Gasteiger partial charge is 0.141 e. The lowest BCUT2D eigenvalue weighted by atomic mass is 9.92. The minimum Gasteiger partial charge on any atom is -0.307 e. The molecule has 0 spiro atoms. The number of nitrogens with zero attached hydrogens (tertiary/aromatic N) is 2. The highest BCUT2D eigenvalue weighted by atomic mass is 15.0. The van der Waals surface area contributed by atoms with E-state index in [0.29, 0.717) is 11.5 Å². The van der Waals surface area contributed by atoms with Crippen LogP contribution >= 0.6 is 0 Å². The van der Waals surface area contributed by atoms with Crippen molar-refractivity contribution in [2.75, 3.05) is 0 Å². The third-order valence-corrected chi connectivity index (χ3v) is 3.14. The minimum absolute atomic E-state index is 0.509. The zero-order valence-electron chi connectivity index (χ0n) is 9.53. The van der Waals surface area contributed by atoms with Gasteiger partial charge >= 0.3 is 0 Å². The molecule has 15 heavy (non-hydrogen) atoms. The Labute approximate surface area is 91.3 Å². The van der Waals surface area contributed by atoms with Crippen molar-refractivity contribution < 1.29 is 0 Å². The summed E-state index contributed by atoms with van der Waals surface area (Å²) in [6, 6.07) is 2.49. The van der Waals surface area contributed by atoms with E-state index in [-0.39, 0.29) is 0 Å². The lowest BCUT2D eigenvalue weighted by molar-refractivity contribution is 0.363. The van der Waals surface area contributed by atoms with Gasteiger partial charge in [-0.15, -0.1) is 0 Å². The molecule has 82 valence electrons. The molecule has 1 aliphatic carbocycles. The second kappa shape index (κ2) is 4.27. The highest BCUT2D eigenvalue weighted by Gasteiger charge is 2.30. The van der Waals surface area contributed by atoms with Crippen molar-refractivity contribution in [1.82, 2.24) is 15.3 Å². The summed E-state index contributed by atoms with van der Waals surface area (Å²) >= 11 is 0. The molecule has 3 heteroatoms. The van der Waals surface area contributed by atoms with Crippen LogP contribution in [0.3, 0.4) is 0 Å². The van der Waals surface area contributed by atoms with Crippen LogP contribution in [0.5, 0.6) is 0 Å². The quantitative estimate of drug-likeness (QED) is 0.821. The minimum atomic E-state index is 0.509. The van der Waals surface area contributed by atoms with Crippen LogP contribution in [-0.2, 0) is 6.54 Å². The molecule has 0 radical (unpaired) electrons. The molecule has 1 N–H and O–H groups in total. The highest BCUT2D eigenvalue weighted by molar-refractivity contribution is 4.91. The number of rotatable bonds is 3. The molecule has 1 aromatic rings. The monoisotopic (exact) mass is 205 g/mol. The lowest BCUT2D eigenvalue weighted by Gasteiger charge is -2.17. The van der Waals surface area contributed by atoms with Gasteiger partial charge in [-0.25, -0.2) is 9.97 Å². The average Bonchev–Trinajstić information content (AvgIpc) is 2.57. The van der Waals surface area contributed by atoms with Crippen molar-refractivity contribution in [1.29, 1.82) is 0 Å². The van der Waals surface area contributed by atoms with E-state index in [1.807, 2.05) is 6.07 Å². The molecule has 1 heterocycles. The Morgan fingerprint density at radius 2 is 2.13 bits per heavy atom. The summed E-state index contributed by atoms with van der Waals surface area (Å²) in [5, 5.41) is 3.53. The lowest BCUT2D eigenvalue weighted by Crippen LogP contribution is -2.27. The van der Waals surface area contributed by atoms with Crippen molar-refractivity contribution in [3.8, 4) is 0 Å². The molecule has 0 aromatic carbocycles. The van der Waals surface area contributed by atoms with Crippen molar-refractivity contribution in [2.24, 2.45) is 5.41 Å². The molecular weight excluding hydrogens is 186 g/mol.